The second-order valence-corrected chi connectivity index (χ2v) is 6.10. The number of rotatable bonds is 4. The van der Waals surface area contributed by atoms with E-state index in [9.17, 15) is 0 Å². The lowest BCUT2D eigenvalue weighted by Gasteiger charge is -2.12. The van der Waals surface area contributed by atoms with Gasteiger partial charge in [-0.1, -0.05) is 18.3 Å². The van der Waals surface area contributed by atoms with Crippen LogP contribution in [0.5, 0.6) is 0 Å². The van der Waals surface area contributed by atoms with Crippen LogP contribution in [-0.4, -0.2) is 32.8 Å². The van der Waals surface area contributed by atoms with Gasteiger partial charge in [-0.15, -0.1) is 0 Å². The molecule has 3 heterocycles. The van der Waals surface area contributed by atoms with Gasteiger partial charge in [-0.25, -0.2) is 4.98 Å². The van der Waals surface area contributed by atoms with Crippen LogP contribution in [0.15, 0.2) is 6.20 Å². The number of H-pyrrole nitrogens is 1. The molecular weight excluding hydrogens is 278 g/mol. The molecule has 0 amide bonds. The highest BCUT2D eigenvalue weighted by molar-refractivity contribution is 7.71. The Balaban J connectivity index is 1.92. The molecule has 0 atom stereocenters. The molecule has 7 heteroatoms. The molecule has 0 radical (unpaired) electrons. The van der Waals surface area contributed by atoms with Gasteiger partial charge in [0.1, 0.15) is 0 Å². The molecule has 1 saturated heterocycles. The highest BCUT2D eigenvalue weighted by atomic mass is 32.1. The molecule has 102 valence electrons. The highest BCUT2D eigenvalue weighted by Crippen LogP contribution is 2.31. The standard InChI is InChI=1S/C12H17N5S2/c1-2-5-17-10(14-15-11(17)18)9-8-13-12(19-9)16-6-3-4-7-16/h8H,2-7H2,1H3,(H,15,18). The summed E-state index contributed by atoms with van der Waals surface area (Å²) in [6.07, 6.45) is 5.49. The quantitative estimate of drug-likeness (QED) is 0.881. The van der Waals surface area contributed by atoms with E-state index in [1.54, 1.807) is 11.3 Å². The maximum atomic E-state index is 5.27. The lowest BCUT2D eigenvalue weighted by Crippen LogP contribution is -2.16. The number of thiazole rings is 1. The molecule has 2 aromatic heterocycles. The zero-order chi connectivity index (χ0) is 13.2. The zero-order valence-corrected chi connectivity index (χ0v) is 12.6. The van der Waals surface area contributed by atoms with Gasteiger partial charge in [0.15, 0.2) is 15.7 Å². The third kappa shape index (κ3) is 2.44. The molecule has 0 aliphatic carbocycles. The SMILES string of the molecule is CCCn1c(-c2cnc(N3CCCC3)s2)n[nH]c1=S. The first-order valence-electron chi connectivity index (χ1n) is 6.66. The van der Waals surface area contributed by atoms with Crippen molar-refractivity contribution < 1.29 is 0 Å². The average Bonchev–Trinajstić information content (AvgIpc) is 3.10. The van der Waals surface area contributed by atoms with E-state index < -0.39 is 0 Å². The molecule has 3 rings (SSSR count). The first-order chi connectivity index (χ1) is 9.29. The lowest BCUT2D eigenvalue weighted by atomic mass is 10.4. The summed E-state index contributed by atoms with van der Waals surface area (Å²) in [7, 11) is 0. The molecule has 19 heavy (non-hydrogen) atoms. The number of aromatic amines is 1. The van der Waals surface area contributed by atoms with Crippen molar-refractivity contribution >= 4 is 28.7 Å². The van der Waals surface area contributed by atoms with Crippen LogP contribution in [0.4, 0.5) is 5.13 Å². The number of nitrogens with zero attached hydrogens (tertiary/aromatic N) is 4. The molecule has 5 nitrogen and oxygen atoms in total. The Kier molecular flexibility index (Phi) is 3.65. The van der Waals surface area contributed by atoms with Gasteiger partial charge < -0.3 is 4.90 Å². The summed E-state index contributed by atoms with van der Waals surface area (Å²) in [5.41, 5.74) is 0. The van der Waals surface area contributed by atoms with Gasteiger partial charge in [0, 0.05) is 19.6 Å². The monoisotopic (exact) mass is 295 g/mol. The predicted octanol–water partition coefficient (Wildman–Crippen LogP) is 3.07. The summed E-state index contributed by atoms with van der Waals surface area (Å²) >= 11 is 6.97. The van der Waals surface area contributed by atoms with Gasteiger partial charge in [0.2, 0.25) is 0 Å². The highest BCUT2D eigenvalue weighted by Gasteiger charge is 2.18. The minimum atomic E-state index is 0.688. The second kappa shape index (κ2) is 5.42. The third-order valence-electron chi connectivity index (χ3n) is 3.30. The van der Waals surface area contributed by atoms with Gasteiger partial charge in [-0.05, 0) is 31.5 Å². The van der Waals surface area contributed by atoms with Gasteiger partial charge in [0.25, 0.3) is 0 Å². The third-order valence-corrected chi connectivity index (χ3v) is 4.66. The van der Waals surface area contributed by atoms with Gasteiger partial charge in [-0.3, -0.25) is 9.67 Å². The van der Waals surface area contributed by atoms with E-state index in [0.717, 1.165) is 41.9 Å². The van der Waals surface area contributed by atoms with E-state index in [2.05, 4.69) is 31.6 Å². The smallest absolute Gasteiger partial charge is 0.195 e. The Labute approximate surface area is 121 Å². The summed E-state index contributed by atoms with van der Waals surface area (Å²) in [5, 5.41) is 8.32. The largest absolute Gasteiger partial charge is 0.348 e. The zero-order valence-electron chi connectivity index (χ0n) is 10.9. The predicted molar refractivity (Wildman–Crippen MR) is 80.3 cm³/mol. The van der Waals surface area contributed by atoms with E-state index in [1.807, 2.05) is 6.20 Å². The Hall–Kier alpha value is -1.21. The van der Waals surface area contributed by atoms with Gasteiger partial charge >= 0.3 is 0 Å². The molecule has 0 bridgehead atoms. The molecule has 0 spiro atoms. The number of hydrogen-bond acceptors (Lipinski definition) is 5. The van der Waals surface area contributed by atoms with Crippen LogP contribution in [0, 0.1) is 4.77 Å². The van der Waals surface area contributed by atoms with E-state index in [-0.39, 0.29) is 0 Å². The van der Waals surface area contributed by atoms with Crippen molar-refractivity contribution in [2.75, 3.05) is 18.0 Å². The Morgan fingerprint density at radius 1 is 1.42 bits per heavy atom. The Morgan fingerprint density at radius 3 is 2.95 bits per heavy atom. The fraction of sp³-hybridized carbons (Fsp3) is 0.583. The summed E-state index contributed by atoms with van der Waals surface area (Å²) in [6.45, 7) is 5.27. The molecule has 2 aromatic rings. The van der Waals surface area contributed by atoms with Crippen LogP contribution >= 0.6 is 23.6 Å². The van der Waals surface area contributed by atoms with E-state index in [1.165, 1.54) is 12.8 Å². The Morgan fingerprint density at radius 2 is 2.21 bits per heavy atom. The molecule has 0 saturated carbocycles. The molecule has 0 aromatic carbocycles. The van der Waals surface area contributed by atoms with Crippen molar-refractivity contribution in [1.29, 1.82) is 0 Å². The second-order valence-electron chi connectivity index (χ2n) is 4.71. The molecule has 1 fully saturated rings. The molecule has 0 unspecified atom stereocenters. The fourth-order valence-electron chi connectivity index (χ4n) is 2.36. The lowest BCUT2D eigenvalue weighted by molar-refractivity contribution is 0.675. The molecule has 1 aliphatic rings. The van der Waals surface area contributed by atoms with E-state index in [4.69, 9.17) is 12.2 Å². The van der Waals surface area contributed by atoms with E-state index >= 15 is 0 Å². The first-order valence-corrected chi connectivity index (χ1v) is 7.88. The normalized spacial score (nSPS) is 15.3. The van der Waals surface area contributed by atoms with Crippen LogP contribution < -0.4 is 4.90 Å². The van der Waals surface area contributed by atoms with Crippen molar-refractivity contribution in [3.8, 4) is 10.7 Å². The summed E-state index contributed by atoms with van der Waals surface area (Å²) in [4.78, 5) is 7.96. The van der Waals surface area contributed by atoms with Crippen molar-refractivity contribution in [3.63, 3.8) is 0 Å². The summed E-state index contributed by atoms with van der Waals surface area (Å²) in [6, 6.07) is 0. The fourth-order valence-corrected chi connectivity index (χ4v) is 3.55. The average molecular weight is 295 g/mol. The van der Waals surface area contributed by atoms with Crippen LogP contribution in [0.25, 0.3) is 10.7 Å². The summed E-state index contributed by atoms with van der Waals surface area (Å²) in [5.74, 6) is 0.912. The number of nitrogens with one attached hydrogen (secondary N) is 1. The number of hydrogen-bond donors (Lipinski definition) is 1. The topological polar surface area (TPSA) is 49.7 Å². The number of aromatic nitrogens is 4. The number of anilines is 1. The van der Waals surface area contributed by atoms with Crippen molar-refractivity contribution in [1.82, 2.24) is 19.7 Å². The minimum Gasteiger partial charge on any atom is -0.348 e. The Bertz CT molecular complexity index is 606. The summed E-state index contributed by atoms with van der Waals surface area (Å²) < 4.78 is 2.74. The van der Waals surface area contributed by atoms with Crippen molar-refractivity contribution in [3.05, 3.63) is 11.0 Å². The first kappa shape index (κ1) is 12.8. The minimum absolute atomic E-state index is 0.688. The van der Waals surface area contributed by atoms with Gasteiger partial charge in [0.05, 0.1) is 11.1 Å². The van der Waals surface area contributed by atoms with Crippen molar-refractivity contribution in [2.45, 2.75) is 32.7 Å². The van der Waals surface area contributed by atoms with E-state index in [0.29, 0.717) is 4.77 Å². The molecular formula is C12H17N5S2. The van der Waals surface area contributed by atoms with Crippen LogP contribution in [0.2, 0.25) is 0 Å². The maximum Gasteiger partial charge on any atom is 0.195 e. The van der Waals surface area contributed by atoms with Crippen LogP contribution in [0.3, 0.4) is 0 Å². The van der Waals surface area contributed by atoms with Crippen LogP contribution in [-0.2, 0) is 6.54 Å². The van der Waals surface area contributed by atoms with Crippen molar-refractivity contribution in [2.24, 2.45) is 0 Å². The molecule has 1 N–H and O–H groups in total. The van der Waals surface area contributed by atoms with Crippen LogP contribution in [0.1, 0.15) is 26.2 Å². The molecule has 1 aliphatic heterocycles. The maximum absolute atomic E-state index is 5.27. The van der Waals surface area contributed by atoms with Gasteiger partial charge in [-0.2, -0.15) is 5.10 Å².